The largest absolute Gasteiger partial charge is 0.379 e. The highest BCUT2D eigenvalue weighted by molar-refractivity contribution is 7.99. The van der Waals surface area contributed by atoms with Crippen molar-refractivity contribution < 1.29 is 9.53 Å². The van der Waals surface area contributed by atoms with Crippen molar-refractivity contribution in [1.29, 1.82) is 0 Å². The SMILES string of the molecule is O=C(CSc1nc2ccccc2n1-c1ccccc1)NCc1ccccc1CN1CCOCC1. The number of fused-ring (bicyclic) bond motifs is 1. The highest BCUT2D eigenvalue weighted by atomic mass is 32.2. The first-order valence-corrected chi connectivity index (χ1v) is 12.6. The summed E-state index contributed by atoms with van der Waals surface area (Å²) in [7, 11) is 0. The third kappa shape index (κ3) is 5.33. The molecule has 1 aliphatic rings. The van der Waals surface area contributed by atoms with Crippen LogP contribution in [0.1, 0.15) is 11.1 Å². The van der Waals surface area contributed by atoms with Gasteiger partial charge in [-0.25, -0.2) is 4.98 Å². The second-order valence-electron chi connectivity index (χ2n) is 8.28. The molecule has 7 heteroatoms. The van der Waals surface area contributed by atoms with Crippen LogP contribution in [0.15, 0.2) is 84.0 Å². The van der Waals surface area contributed by atoms with Crippen LogP contribution in [0.5, 0.6) is 0 Å². The number of amides is 1. The maximum absolute atomic E-state index is 12.8. The third-order valence-corrected chi connectivity index (χ3v) is 6.91. The summed E-state index contributed by atoms with van der Waals surface area (Å²) in [5.74, 6) is 0.305. The fraction of sp³-hybridized carbons (Fsp3) is 0.259. The molecule has 1 fully saturated rings. The van der Waals surface area contributed by atoms with E-state index in [0.29, 0.717) is 12.3 Å². The van der Waals surface area contributed by atoms with Gasteiger partial charge in [-0.15, -0.1) is 0 Å². The minimum Gasteiger partial charge on any atom is -0.379 e. The van der Waals surface area contributed by atoms with Crippen LogP contribution in [-0.4, -0.2) is 52.4 Å². The molecular formula is C27H28N4O2S. The molecule has 5 rings (SSSR count). The number of imidazole rings is 1. The quantitative estimate of drug-likeness (QED) is 0.388. The number of carbonyl (C=O) groups is 1. The minimum absolute atomic E-state index is 0.00200. The number of aromatic nitrogens is 2. The Labute approximate surface area is 203 Å². The van der Waals surface area contributed by atoms with Crippen LogP contribution in [0.2, 0.25) is 0 Å². The number of nitrogens with zero attached hydrogens (tertiary/aromatic N) is 3. The van der Waals surface area contributed by atoms with Crippen molar-refractivity contribution in [3.05, 3.63) is 90.0 Å². The molecule has 1 N–H and O–H groups in total. The van der Waals surface area contributed by atoms with E-state index in [4.69, 9.17) is 9.72 Å². The zero-order valence-electron chi connectivity index (χ0n) is 19.0. The molecule has 1 aromatic heterocycles. The fourth-order valence-corrected chi connectivity index (χ4v) is 5.04. The molecular weight excluding hydrogens is 444 g/mol. The van der Waals surface area contributed by atoms with Gasteiger partial charge in [0.15, 0.2) is 5.16 Å². The number of ether oxygens (including phenoxy) is 1. The zero-order valence-corrected chi connectivity index (χ0v) is 19.8. The average Bonchev–Trinajstić information content (AvgIpc) is 3.26. The molecule has 1 saturated heterocycles. The Morgan fingerprint density at radius 2 is 1.62 bits per heavy atom. The van der Waals surface area contributed by atoms with E-state index < -0.39 is 0 Å². The summed E-state index contributed by atoms with van der Waals surface area (Å²) in [4.78, 5) is 19.9. The van der Waals surface area contributed by atoms with Crippen LogP contribution in [0.3, 0.4) is 0 Å². The number of hydrogen-bond acceptors (Lipinski definition) is 5. The normalized spacial score (nSPS) is 14.4. The Balaban J connectivity index is 1.24. The van der Waals surface area contributed by atoms with Crippen molar-refractivity contribution in [3.63, 3.8) is 0 Å². The van der Waals surface area contributed by atoms with Crippen LogP contribution < -0.4 is 5.32 Å². The number of para-hydroxylation sites is 3. The van der Waals surface area contributed by atoms with Crippen molar-refractivity contribution in [2.45, 2.75) is 18.2 Å². The predicted octanol–water partition coefficient (Wildman–Crippen LogP) is 4.27. The molecule has 6 nitrogen and oxygen atoms in total. The molecule has 0 aliphatic carbocycles. The molecule has 4 aromatic rings. The molecule has 174 valence electrons. The Kier molecular flexibility index (Phi) is 7.24. The molecule has 0 radical (unpaired) electrons. The summed E-state index contributed by atoms with van der Waals surface area (Å²) in [5.41, 5.74) is 5.41. The maximum Gasteiger partial charge on any atom is 0.230 e. The van der Waals surface area contributed by atoms with Crippen LogP contribution >= 0.6 is 11.8 Å². The molecule has 0 spiro atoms. The van der Waals surface area contributed by atoms with E-state index >= 15 is 0 Å². The van der Waals surface area contributed by atoms with E-state index in [1.54, 1.807) is 0 Å². The monoisotopic (exact) mass is 472 g/mol. The van der Waals surface area contributed by atoms with Gasteiger partial charge in [0, 0.05) is 31.9 Å². The zero-order chi connectivity index (χ0) is 23.2. The first-order valence-electron chi connectivity index (χ1n) is 11.6. The van der Waals surface area contributed by atoms with E-state index in [9.17, 15) is 4.79 Å². The van der Waals surface area contributed by atoms with Gasteiger partial charge in [-0.05, 0) is 35.4 Å². The molecule has 0 unspecified atom stereocenters. The van der Waals surface area contributed by atoms with Gasteiger partial charge in [0.25, 0.3) is 0 Å². The van der Waals surface area contributed by atoms with Gasteiger partial charge in [0.2, 0.25) is 5.91 Å². The smallest absolute Gasteiger partial charge is 0.230 e. The molecule has 1 amide bonds. The van der Waals surface area contributed by atoms with Gasteiger partial charge in [-0.3, -0.25) is 14.3 Å². The number of morpholine rings is 1. The summed E-state index contributed by atoms with van der Waals surface area (Å²) >= 11 is 1.46. The molecule has 0 saturated carbocycles. The predicted molar refractivity (Wildman–Crippen MR) is 136 cm³/mol. The summed E-state index contributed by atoms with van der Waals surface area (Å²) < 4.78 is 7.57. The van der Waals surface area contributed by atoms with Gasteiger partial charge in [-0.2, -0.15) is 0 Å². The van der Waals surface area contributed by atoms with E-state index in [0.717, 1.165) is 60.3 Å². The first-order chi connectivity index (χ1) is 16.8. The van der Waals surface area contributed by atoms with E-state index in [1.165, 1.54) is 17.3 Å². The van der Waals surface area contributed by atoms with Crippen LogP contribution in [0.25, 0.3) is 16.7 Å². The molecule has 0 atom stereocenters. The lowest BCUT2D eigenvalue weighted by atomic mass is 10.1. The summed E-state index contributed by atoms with van der Waals surface area (Å²) in [6.45, 7) is 4.85. The Hall–Kier alpha value is -3.13. The van der Waals surface area contributed by atoms with Gasteiger partial charge < -0.3 is 10.1 Å². The summed E-state index contributed by atoms with van der Waals surface area (Å²) in [6, 6.07) is 26.5. The van der Waals surface area contributed by atoms with Crippen molar-refractivity contribution >= 4 is 28.7 Å². The third-order valence-electron chi connectivity index (χ3n) is 5.97. The van der Waals surface area contributed by atoms with E-state index in [2.05, 4.69) is 51.2 Å². The number of thioether (sulfide) groups is 1. The Morgan fingerprint density at radius 3 is 2.44 bits per heavy atom. The summed E-state index contributed by atoms with van der Waals surface area (Å²) in [5, 5.41) is 3.91. The number of benzene rings is 3. The molecule has 34 heavy (non-hydrogen) atoms. The maximum atomic E-state index is 12.8. The van der Waals surface area contributed by atoms with Crippen LogP contribution in [-0.2, 0) is 22.6 Å². The highest BCUT2D eigenvalue weighted by Gasteiger charge is 2.15. The van der Waals surface area contributed by atoms with Crippen molar-refractivity contribution in [1.82, 2.24) is 19.8 Å². The molecule has 3 aromatic carbocycles. The molecule has 1 aliphatic heterocycles. The number of nitrogens with one attached hydrogen (secondary N) is 1. The van der Waals surface area contributed by atoms with Gasteiger partial charge in [-0.1, -0.05) is 66.4 Å². The fourth-order valence-electron chi connectivity index (χ4n) is 4.19. The Morgan fingerprint density at radius 1 is 0.912 bits per heavy atom. The highest BCUT2D eigenvalue weighted by Crippen LogP contribution is 2.27. The summed E-state index contributed by atoms with van der Waals surface area (Å²) in [6.07, 6.45) is 0. The molecule has 2 heterocycles. The number of carbonyl (C=O) groups excluding carboxylic acids is 1. The van der Waals surface area contributed by atoms with Crippen LogP contribution in [0, 0.1) is 0 Å². The van der Waals surface area contributed by atoms with Crippen LogP contribution in [0.4, 0.5) is 0 Å². The van der Waals surface area contributed by atoms with E-state index in [-0.39, 0.29) is 5.91 Å². The minimum atomic E-state index is -0.00200. The van der Waals surface area contributed by atoms with E-state index in [1.807, 2.05) is 42.5 Å². The van der Waals surface area contributed by atoms with Crippen molar-refractivity contribution in [2.24, 2.45) is 0 Å². The van der Waals surface area contributed by atoms with Gasteiger partial charge in [0.1, 0.15) is 0 Å². The Bertz CT molecular complexity index is 1250. The van der Waals surface area contributed by atoms with Crippen molar-refractivity contribution in [3.8, 4) is 5.69 Å². The first kappa shape index (κ1) is 22.7. The second-order valence-corrected chi connectivity index (χ2v) is 9.22. The molecule has 0 bridgehead atoms. The van der Waals surface area contributed by atoms with Crippen molar-refractivity contribution in [2.75, 3.05) is 32.1 Å². The average molecular weight is 473 g/mol. The topological polar surface area (TPSA) is 59.4 Å². The lowest BCUT2D eigenvalue weighted by molar-refractivity contribution is -0.118. The van der Waals surface area contributed by atoms with Gasteiger partial charge >= 0.3 is 0 Å². The number of hydrogen-bond donors (Lipinski definition) is 1. The van der Waals surface area contributed by atoms with Gasteiger partial charge in [0.05, 0.1) is 30.0 Å². The standard InChI is InChI=1S/C27H28N4O2S/c32-26(28-18-21-8-4-5-9-22(21)19-30-14-16-33-17-15-30)20-34-27-29-24-12-6-7-13-25(24)31(27)23-10-2-1-3-11-23/h1-13H,14-20H2,(H,28,32). The second kappa shape index (κ2) is 10.9. The lowest BCUT2D eigenvalue weighted by Crippen LogP contribution is -2.36. The number of rotatable bonds is 8. The lowest BCUT2D eigenvalue weighted by Gasteiger charge is -2.27.